The van der Waals surface area contributed by atoms with E-state index in [0.29, 0.717) is 18.0 Å². The SMILES string of the molecule is COc1ccc(CCNC(=O)[C@H](C)Oc2cccc(OC)c2)cc1. The average molecular weight is 329 g/mol. The number of methoxy groups -OCH3 is 2. The van der Waals surface area contributed by atoms with Crippen LogP contribution in [0, 0.1) is 0 Å². The first-order chi connectivity index (χ1) is 11.6. The van der Waals surface area contributed by atoms with E-state index in [1.54, 1.807) is 33.3 Å². The average Bonchev–Trinajstić information content (AvgIpc) is 2.62. The lowest BCUT2D eigenvalue weighted by atomic mass is 10.1. The molecule has 5 heteroatoms. The minimum absolute atomic E-state index is 0.147. The van der Waals surface area contributed by atoms with Crippen LogP contribution in [0.1, 0.15) is 12.5 Å². The molecule has 1 N–H and O–H groups in total. The van der Waals surface area contributed by atoms with Crippen molar-refractivity contribution in [2.75, 3.05) is 20.8 Å². The van der Waals surface area contributed by atoms with Gasteiger partial charge in [0, 0.05) is 12.6 Å². The molecule has 2 aromatic rings. The summed E-state index contributed by atoms with van der Waals surface area (Å²) in [7, 11) is 3.23. The van der Waals surface area contributed by atoms with Crippen molar-refractivity contribution in [2.24, 2.45) is 0 Å². The molecule has 128 valence electrons. The first-order valence-corrected chi connectivity index (χ1v) is 7.83. The van der Waals surface area contributed by atoms with E-state index >= 15 is 0 Å². The Bertz CT molecular complexity index is 655. The van der Waals surface area contributed by atoms with Gasteiger partial charge in [-0.3, -0.25) is 4.79 Å². The fourth-order valence-corrected chi connectivity index (χ4v) is 2.20. The van der Waals surface area contributed by atoms with E-state index in [1.807, 2.05) is 36.4 Å². The molecular weight excluding hydrogens is 306 g/mol. The summed E-state index contributed by atoms with van der Waals surface area (Å²) in [6.45, 7) is 2.28. The lowest BCUT2D eigenvalue weighted by Gasteiger charge is -2.15. The minimum Gasteiger partial charge on any atom is -0.497 e. The smallest absolute Gasteiger partial charge is 0.260 e. The molecule has 0 aliphatic heterocycles. The molecule has 0 spiro atoms. The Hall–Kier alpha value is -2.69. The van der Waals surface area contributed by atoms with Gasteiger partial charge in [-0.2, -0.15) is 0 Å². The number of rotatable bonds is 8. The van der Waals surface area contributed by atoms with Gasteiger partial charge in [-0.1, -0.05) is 18.2 Å². The van der Waals surface area contributed by atoms with Gasteiger partial charge in [0.1, 0.15) is 17.2 Å². The van der Waals surface area contributed by atoms with Gasteiger partial charge < -0.3 is 19.5 Å². The molecule has 1 atom stereocenters. The topological polar surface area (TPSA) is 56.8 Å². The molecular formula is C19H23NO4. The number of hydrogen-bond donors (Lipinski definition) is 1. The molecule has 24 heavy (non-hydrogen) atoms. The molecule has 0 aliphatic carbocycles. The summed E-state index contributed by atoms with van der Waals surface area (Å²) >= 11 is 0. The summed E-state index contributed by atoms with van der Waals surface area (Å²) in [5.74, 6) is 1.97. The molecule has 0 saturated carbocycles. The van der Waals surface area contributed by atoms with Crippen LogP contribution in [0.25, 0.3) is 0 Å². The highest BCUT2D eigenvalue weighted by Gasteiger charge is 2.14. The van der Waals surface area contributed by atoms with Gasteiger partial charge >= 0.3 is 0 Å². The fraction of sp³-hybridized carbons (Fsp3) is 0.316. The molecule has 0 unspecified atom stereocenters. The third-order valence-corrected chi connectivity index (χ3v) is 3.60. The molecule has 0 radical (unpaired) electrons. The van der Waals surface area contributed by atoms with Crippen LogP contribution in [0.3, 0.4) is 0 Å². The van der Waals surface area contributed by atoms with Crippen molar-refractivity contribution >= 4 is 5.91 Å². The van der Waals surface area contributed by atoms with Crippen LogP contribution >= 0.6 is 0 Å². The van der Waals surface area contributed by atoms with Crippen LogP contribution in [-0.2, 0) is 11.2 Å². The molecule has 0 aliphatic rings. The molecule has 0 aromatic heterocycles. The van der Waals surface area contributed by atoms with Gasteiger partial charge in [0.2, 0.25) is 0 Å². The van der Waals surface area contributed by atoms with E-state index in [-0.39, 0.29) is 5.91 Å². The monoisotopic (exact) mass is 329 g/mol. The van der Waals surface area contributed by atoms with E-state index < -0.39 is 6.10 Å². The number of carbonyl (C=O) groups excluding carboxylic acids is 1. The Labute approximate surface area is 142 Å². The quantitative estimate of drug-likeness (QED) is 0.809. The van der Waals surface area contributed by atoms with Crippen LogP contribution in [0.2, 0.25) is 0 Å². The normalized spacial score (nSPS) is 11.5. The molecule has 0 saturated heterocycles. The maximum atomic E-state index is 12.1. The second-order valence-electron chi connectivity index (χ2n) is 5.33. The third-order valence-electron chi connectivity index (χ3n) is 3.60. The summed E-state index contributed by atoms with van der Waals surface area (Å²) < 4.78 is 15.9. The van der Waals surface area contributed by atoms with E-state index in [9.17, 15) is 4.79 Å². The molecule has 2 aromatic carbocycles. The van der Waals surface area contributed by atoms with Gasteiger partial charge in [-0.25, -0.2) is 0 Å². The molecule has 1 amide bonds. The number of hydrogen-bond acceptors (Lipinski definition) is 4. The first-order valence-electron chi connectivity index (χ1n) is 7.83. The van der Waals surface area contributed by atoms with Crippen molar-refractivity contribution in [3.05, 3.63) is 54.1 Å². The summed E-state index contributed by atoms with van der Waals surface area (Å²) in [5, 5.41) is 2.88. The Kier molecular flexibility index (Phi) is 6.49. The second-order valence-corrected chi connectivity index (χ2v) is 5.33. The molecule has 5 nitrogen and oxygen atoms in total. The van der Waals surface area contributed by atoms with Crippen LogP contribution in [0.4, 0.5) is 0 Å². The number of benzene rings is 2. The number of nitrogens with one attached hydrogen (secondary N) is 1. The predicted octanol–water partition coefficient (Wildman–Crippen LogP) is 2.83. The molecule has 2 rings (SSSR count). The van der Waals surface area contributed by atoms with E-state index in [4.69, 9.17) is 14.2 Å². The van der Waals surface area contributed by atoms with Crippen molar-refractivity contribution in [2.45, 2.75) is 19.4 Å². The lowest BCUT2D eigenvalue weighted by molar-refractivity contribution is -0.127. The molecule has 0 heterocycles. The second kappa shape index (κ2) is 8.82. The van der Waals surface area contributed by atoms with E-state index in [2.05, 4.69) is 5.32 Å². The summed E-state index contributed by atoms with van der Waals surface area (Å²) in [6.07, 6.45) is 0.176. The largest absolute Gasteiger partial charge is 0.497 e. The predicted molar refractivity (Wildman–Crippen MR) is 92.8 cm³/mol. The summed E-state index contributed by atoms with van der Waals surface area (Å²) in [4.78, 5) is 12.1. The Morgan fingerprint density at radius 1 is 1.00 bits per heavy atom. The summed E-state index contributed by atoms with van der Waals surface area (Å²) in [6, 6.07) is 15.0. The zero-order valence-electron chi connectivity index (χ0n) is 14.2. The Balaban J connectivity index is 1.78. The van der Waals surface area contributed by atoms with E-state index in [0.717, 1.165) is 17.7 Å². The highest BCUT2D eigenvalue weighted by Crippen LogP contribution is 2.20. The summed E-state index contributed by atoms with van der Waals surface area (Å²) in [5.41, 5.74) is 1.14. The first kappa shape index (κ1) is 17.7. The van der Waals surface area contributed by atoms with Crippen molar-refractivity contribution in [3.63, 3.8) is 0 Å². The van der Waals surface area contributed by atoms with Gasteiger partial charge in [-0.05, 0) is 43.2 Å². The van der Waals surface area contributed by atoms with Crippen LogP contribution in [0.15, 0.2) is 48.5 Å². The molecule has 0 bridgehead atoms. The van der Waals surface area contributed by atoms with Crippen molar-refractivity contribution in [3.8, 4) is 17.2 Å². The number of carbonyl (C=O) groups is 1. The Morgan fingerprint density at radius 2 is 1.67 bits per heavy atom. The van der Waals surface area contributed by atoms with E-state index in [1.165, 1.54) is 0 Å². The minimum atomic E-state index is -0.576. The standard InChI is InChI=1S/C19H23NO4/c1-14(24-18-6-4-5-17(13-18)23-3)19(21)20-12-11-15-7-9-16(22-2)10-8-15/h4-10,13-14H,11-12H2,1-3H3,(H,20,21)/t14-/m0/s1. The molecule has 0 fully saturated rings. The number of amides is 1. The highest BCUT2D eigenvalue weighted by molar-refractivity contribution is 5.80. The van der Waals surface area contributed by atoms with Crippen molar-refractivity contribution in [1.82, 2.24) is 5.32 Å². The zero-order valence-corrected chi connectivity index (χ0v) is 14.2. The maximum absolute atomic E-state index is 12.1. The van der Waals surface area contributed by atoms with Gasteiger partial charge in [-0.15, -0.1) is 0 Å². The number of ether oxygens (including phenoxy) is 3. The van der Waals surface area contributed by atoms with Crippen LogP contribution in [0.5, 0.6) is 17.2 Å². The van der Waals surface area contributed by atoms with Gasteiger partial charge in [0.05, 0.1) is 14.2 Å². The van der Waals surface area contributed by atoms with Crippen molar-refractivity contribution in [1.29, 1.82) is 0 Å². The zero-order chi connectivity index (χ0) is 17.4. The Morgan fingerprint density at radius 3 is 2.33 bits per heavy atom. The lowest BCUT2D eigenvalue weighted by Crippen LogP contribution is -2.37. The maximum Gasteiger partial charge on any atom is 0.260 e. The highest BCUT2D eigenvalue weighted by atomic mass is 16.5. The van der Waals surface area contributed by atoms with Gasteiger partial charge in [0.15, 0.2) is 6.10 Å². The van der Waals surface area contributed by atoms with Crippen LogP contribution < -0.4 is 19.5 Å². The third kappa shape index (κ3) is 5.19. The van der Waals surface area contributed by atoms with Crippen molar-refractivity contribution < 1.29 is 19.0 Å². The van der Waals surface area contributed by atoms with Crippen LogP contribution in [-0.4, -0.2) is 32.8 Å². The van der Waals surface area contributed by atoms with Gasteiger partial charge in [0.25, 0.3) is 5.91 Å². The fourth-order valence-electron chi connectivity index (χ4n) is 2.20.